The van der Waals surface area contributed by atoms with Crippen molar-refractivity contribution < 1.29 is 13.2 Å². The molecule has 0 aliphatic heterocycles. The highest BCUT2D eigenvalue weighted by atomic mass is 35.5. The molecule has 3 aromatic rings. The maximum absolute atomic E-state index is 12.8. The van der Waals surface area contributed by atoms with Gasteiger partial charge in [-0.15, -0.1) is 0 Å². The average molecular weight is 457 g/mol. The first kappa shape index (κ1) is 22.8. The number of rotatable bonds is 7. The third-order valence-electron chi connectivity index (χ3n) is 5.20. The Bertz CT molecular complexity index is 1140. The molecule has 0 saturated carbocycles. The second-order valence-corrected chi connectivity index (χ2v) is 9.67. The van der Waals surface area contributed by atoms with Crippen LogP contribution in [0, 0.1) is 0 Å². The minimum Gasteiger partial charge on any atom is -0.346 e. The van der Waals surface area contributed by atoms with Crippen molar-refractivity contribution in [2.75, 3.05) is 11.4 Å². The Morgan fingerprint density at radius 2 is 1.55 bits per heavy atom. The van der Waals surface area contributed by atoms with Gasteiger partial charge in [-0.1, -0.05) is 42.8 Å². The molecule has 162 valence electrons. The average Bonchev–Trinajstić information content (AvgIpc) is 2.79. The Labute approximate surface area is 188 Å². The molecule has 0 aromatic heterocycles. The molecule has 0 radical (unpaired) electrons. The van der Waals surface area contributed by atoms with Crippen LogP contribution in [0.15, 0.2) is 77.7 Å². The van der Waals surface area contributed by atoms with Crippen molar-refractivity contribution in [1.29, 1.82) is 0 Å². The SMILES string of the molecule is CCc1ccc(C(C)NC(=O)c2ccc(N(C)S(=O)(=O)c3ccc(Cl)cc3)cc2)cc1. The second-order valence-electron chi connectivity index (χ2n) is 7.26. The van der Waals surface area contributed by atoms with Crippen LogP contribution >= 0.6 is 11.6 Å². The molecule has 3 aromatic carbocycles. The topological polar surface area (TPSA) is 66.5 Å². The van der Waals surface area contributed by atoms with Gasteiger partial charge in [0.25, 0.3) is 15.9 Å². The minimum atomic E-state index is -3.73. The minimum absolute atomic E-state index is 0.143. The van der Waals surface area contributed by atoms with Crippen molar-refractivity contribution in [2.24, 2.45) is 0 Å². The Kier molecular flexibility index (Phi) is 7.03. The number of sulfonamides is 1. The number of nitrogens with one attached hydrogen (secondary N) is 1. The molecular weight excluding hydrogens is 432 g/mol. The molecule has 7 heteroatoms. The van der Waals surface area contributed by atoms with E-state index in [1.165, 1.54) is 41.2 Å². The van der Waals surface area contributed by atoms with Crippen LogP contribution in [-0.4, -0.2) is 21.4 Å². The van der Waals surface area contributed by atoms with E-state index in [1.54, 1.807) is 24.3 Å². The van der Waals surface area contributed by atoms with Crippen LogP contribution in [0.2, 0.25) is 5.02 Å². The van der Waals surface area contributed by atoms with E-state index < -0.39 is 10.0 Å². The van der Waals surface area contributed by atoms with E-state index in [9.17, 15) is 13.2 Å². The fraction of sp³-hybridized carbons (Fsp3) is 0.208. The van der Waals surface area contributed by atoms with E-state index in [2.05, 4.69) is 24.4 Å². The van der Waals surface area contributed by atoms with Crippen LogP contribution in [0.4, 0.5) is 5.69 Å². The monoisotopic (exact) mass is 456 g/mol. The number of anilines is 1. The van der Waals surface area contributed by atoms with Crippen LogP contribution in [0.1, 0.15) is 41.4 Å². The first-order valence-electron chi connectivity index (χ1n) is 9.96. The summed E-state index contributed by atoms with van der Waals surface area (Å²) in [5.41, 5.74) is 3.18. The number of hydrogen-bond acceptors (Lipinski definition) is 3. The zero-order valence-corrected chi connectivity index (χ0v) is 19.2. The van der Waals surface area contributed by atoms with Crippen molar-refractivity contribution in [3.8, 4) is 0 Å². The molecule has 0 aliphatic carbocycles. The fourth-order valence-corrected chi connectivity index (χ4v) is 4.45. The van der Waals surface area contributed by atoms with Gasteiger partial charge in [0.05, 0.1) is 16.6 Å². The molecule has 0 fully saturated rings. The van der Waals surface area contributed by atoms with Gasteiger partial charge in [-0.3, -0.25) is 9.10 Å². The molecule has 1 N–H and O–H groups in total. The van der Waals surface area contributed by atoms with Gasteiger partial charge in [-0.25, -0.2) is 8.42 Å². The van der Waals surface area contributed by atoms with Gasteiger partial charge in [0.1, 0.15) is 0 Å². The molecule has 1 atom stereocenters. The Balaban J connectivity index is 1.71. The van der Waals surface area contributed by atoms with Crippen LogP contribution in [0.25, 0.3) is 0 Å². The number of halogens is 1. The van der Waals surface area contributed by atoms with Crippen molar-refractivity contribution in [3.05, 3.63) is 94.5 Å². The molecule has 0 heterocycles. The zero-order valence-electron chi connectivity index (χ0n) is 17.7. The predicted molar refractivity (Wildman–Crippen MR) is 125 cm³/mol. The summed E-state index contributed by atoms with van der Waals surface area (Å²) in [6.45, 7) is 4.03. The second kappa shape index (κ2) is 9.54. The maximum Gasteiger partial charge on any atom is 0.264 e. The Hall–Kier alpha value is -2.83. The lowest BCUT2D eigenvalue weighted by molar-refractivity contribution is 0.0940. The molecule has 3 rings (SSSR count). The summed E-state index contributed by atoms with van der Waals surface area (Å²) >= 11 is 5.85. The van der Waals surface area contributed by atoms with E-state index in [0.29, 0.717) is 16.3 Å². The highest BCUT2D eigenvalue weighted by Crippen LogP contribution is 2.24. The molecule has 1 amide bonds. The zero-order chi connectivity index (χ0) is 22.6. The molecule has 31 heavy (non-hydrogen) atoms. The van der Waals surface area contributed by atoms with Crippen LogP contribution < -0.4 is 9.62 Å². The van der Waals surface area contributed by atoms with Crippen LogP contribution in [0.3, 0.4) is 0 Å². The number of carbonyl (C=O) groups is 1. The number of carbonyl (C=O) groups excluding carboxylic acids is 1. The molecule has 0 spiro atoms. The van der Waals surface area contributed by atoms with E-state index in [1.807, 2.05) is 19.1 Å². The van der Waals surface area contributed by atoms with E-state index >= 15 is 0 Å². The quantitative estimate of drug-likeness (QED) is 0.530. The summed E-state index contributed by atoms with van der Waals surface area (Å²) < 4.78 is 26.8. The van der Waals surface area contributed by atoms with E-state index in [0.717, 1.165) is 12.0 Å². The molecule has 0 saturated heterocycles. The number of benzene rings is 3. The predicted octanol–water partition coefficient (Wildman–Crippen LogP) is 5.22. The summed E-state index contributed by atoms with van der Waals surface area (Å²) in [5.74, 6) is -0.221. The smallest absolute Gasteiger partial charge is 0.264 e. The standard InChI is InChI=1S/C24H25ClN2O3S/c1-4-18-5-7-19(8-6-18)17(2)26-24(28)20-9-13-22(14-10-20)27(3)31(29,30)23-15-11-21(25)12-16-23/h5-17H,4H2,1-3H3,(H,26,28). The maximum atomic E-state index is 12.8. The van der Waals surface area contributed by atoms with Gasteiger partial charge in [0, 0.05) is 17.6 Å². The van der Waals surface area contributed by atoms with Crippen molar-refractivity contribution in [3.63, 3.8) is 0 Å². The van der Waals surface area contributed by atoms with Crippen LogP contribution in [0.5, 0.6) is 0 Å². The first-order chi connectivity index (χ1) is 14.7. The summed E-state index contributed by atoms with van der Waals surface area (Å²) in [7, 11) is -2.26. The number of hydrogen-bond donors (Lipinski definition) is 1. The Morgan fingerprint density at radius 3 is 2.10 bits per heavy atom. The first-order valence-corrected chi connectivity index (χ1v) is 11.8. The number of aryl methyl sites for hydroxylation is 1. The van der Waals surface area contributed by atoms with Crippen molar-refractivity contribution in [2.45, 2.75) is 31.2 Å². The molecule has 1 unspecified atom stereocenters. The lowest BCUT2D eigenvalue weighted by atomic mass is 10.0. The normalized spacial score (nSPS) is 12.3. The number of amides is 1. The van der Waals surface area contributed by atoms with Crippen LogP contribution in [-0.2, 0) is 16.4 Å². The van der Waals surface area contributed by atoms with Gasteiger partial charge in [-0.2, -0.15) is 0 Å². The van der Waals surface area contributed by atoms with Gasteiger partial charge in [0.15, 0.2) is 0 Å². The summed E-state index contributed by atoms with van der Waals surface area (Å²) in [5, 5.41) is 3.44. The number of nitrogens with zero attached hydrogens (tertiary/aromatic N) is 1. The highest BCUT2D eigenvalue weighted by Gasteiger charge is 2.21. The van der Waals surface area contributed by atoms with Gasteiger partial charge < -0.3 is 5.32 Å². The van der Waals surface area contributed by atoms with Crippen molar-refractivity contribution in [1.82, 2.24) is 5.32 Å². The van der Waals surface area contributed by atoms with E-state index in [-0.39, 0.29) is 16.8 Å². The third kappa shape index (κ3) is 5.27. The molecule has 0 bridgehead atoms. The largest absolute Gasteiger partial charge is 0.346 e. The fourth-order valence-electron chi connectivity index (χ4n) is 3.13. The van der Waals surface area contributed by atoms with Gasteiger partial charge in [-0.05, 0) is 73.0 Å². The summed E-state index contributed by atoms with van der Waals surface area (Å²) in [4.78, 5) is 12.8. The van der Waals surface area contributed by atoms with E-state index in [4.69, 9.17) is 11.6 Å². The molecule has 5 nitrogen and oxygen atoms in total. The lowest BCUT2D eigenvalue weighted by Gasteiger charge is -2.20. The van der Waals surface area contributed by atoms with Crippen molar-refractivity contribution >= 4 is 33.2 Å². The molecular formula is C24H25ClN2O3S. The third-order valence-corrected chi connectivity index (χ3v) is 7.25. The summed E-state index contributed by atoms with van der Waals surface area (Å²) in [6.07, 6.45) is 0.968. The van der Waals surface area contributed by atoms with Gasteiger partial charge >= 0.3 is 0 Å². The molecule has 0 aliphatic rings. The lowest BCUT2D eigenvalue weighted by Crippen LogP contribution is -2.28. The Morgan fingerprint density at radius 1 is 0.968 bits per heavy atom. The van der Waals surface area contributed by atoms with Gasteiger partial charge in [0.2, 0.25) is 0 Å². The summed E-state index contributed by atoms with van der Waals surface area (Å²) in [6, 6.07) is 20.5. The highest BCUT2D eigenvalue weighted by molar-refractivity contribution is 7.92.